The van der Waals surface area contributed by atoms with Crippen molar-refractivity contribution in [1.29, 1.82) is 0 Å². The number of halogens is 2. The fraction of sp³-hybridized carbons (Fsp3) is 0.600. The second kappa shape index (κ2) is 9.23. The number of pyridine rings is 1. The summed E-state index contributed by atoms with van der Waals surface area (Å²) in [6.45, 7) is 9.45. The molecular weight excluding hydrogens is 309 g/mol. The van der Waals surface area contributed by atoms with E-state index in [0.717, 1.165) is 32.5 Å². The standard InChI is InChI=1S/C15H23Cl2N3O/c1-4-20(5-2)10-6-7-11(3)18-15(21)14-12(16)8-9-13(17)19-14/h8-9,11H,4-7,10H2,1-3H3,(H,18,21). The van der Waals surface area contributed by atoms with Crippen LogP contribution in [0.3, 0.4) is 0 Å². The smallest absolute Gasteiger partial charge is 0.271 e. The third-order valence-electron chi connectivity index (χ3n) is 3.41. The predicted molar refractivity (Wildman–Crippen MR) is 88.2 cm³/mol. The zero-order valence-electron chi connectivity index (χ0n) is 12.8. The predicted octanol–water partition coefficient (Wildman–Crippen LogP) is 3.63. The van der Waals surface area contributed by atoms with E-state index in [1.807, 2.05) is 6.92 Å². The molecule has 1 N–H and O–H groups in total. The molecule has 0 aromatic carbocycles. The van der Waals surface area contributed by atoms with Crippen molar-refractivity contribution in [1.82, 2.24) is 15.2 Å². The molecule has 118 valence electrons. The molecule has 6 heteroatoms. The Morgan fingerprint density at radius 3 is 2.62 bits per heavy atom. The van der Waals surface area contributed by atoms with E-state index in [9.17, 15) is 4.79 Å². The number of hydrogen-bond acceptors (Lipinski definition) is 3. The van der Waals surface area contributed by atoms with Crippen LogP contribution in [-0.4, -0.2) is 41.5 Å². The minimum atomic E-state index is -0.280. The summed E-state index contributed by atoms with van der Waals surface area (Å²) in [7, 11) is 0. The summed E-state index contributed by atoms with van der Waals surface area (Å²) in [5, 5.41) is 3.49. The van der Waals surface area contributed by atoms with Gasteiger partial charge in [0.15, 0.2) is 0 Å². The van der Waals surface area contributed by atoms with Crippen LogP contribution in [0.1, 0.15) is 44.1 Å². The Balaban J connectivity index is 2.45. The fourth-order valence-electron chi connectivity index (χ4n) is 2.10. The van der Waals surface area contributed by atoms with Crippen LogP contribution in [-0.2, 0) is 0 Å². The number of carbonyl (C=O) groups excluding carboxylic acids is 1. The minimum Gasteiger partial charge on any atom is -0.348 e. The molecule has 4 nitrogen and oxygen atoms in total. The van der Waals surface area contributed by atoms with E-state index >= 15 is 0 Å². The second-order valence-corrected chi connectivity index (χ2v) is 5.80. The molecule has 0 aliphatic rings. The first-order chi connectivity index (χ1) is 9.97. The van der Waals surface area contributed by atoms with Crippen molar-refractivity contribution in [2.75, 3.05) is 19.6 Å². The van der Waals surface area contributed by atoms with Gasteiger partial charge in [0.1, 0.15) is 10.8 Å². The van der Waals surface area contributed by atoms with E-state index in [2.05, 4.69) is 29.0 Å². The van der Waals surface area contributed by atoms with Gasteiger partial charge in [-0.2, -0.15) is 0 Å². The van der Waals surface area contributed by atoms with Gasteiger partial charge in [0.2, 0.25) is 0 Å². The third-order valence-corrected chi connectivity index (χ3v) is 3.93. The van der Waals surface area contributed by atoms with E-state index in [1.54, 1.807) is 12.1 Å². The summed E-state index contributed by atoms with van der Waals surface area (Å²) in [5.74, 6) is -0.280. The maximum Gasteiger partial charge on any atom is 0.271 e. The maximum absolute atomic E-state index is 12.1. The van der Waals surface area contributed by atoms with E-state index in [1.165, 1.54) is 0 Å². The number of rotatable bonds is 8. The van der Waals surface area contributed by atoms with Crippen molar-refractivity contribution < 1.29 is 4.79 Å². The summed E-state index contributed by atoms with van der Waals surface area (Å²) in [6, 6.07) is 3.22. The molecule has 0 bridgehead atoms. The molecule has 1 aromatic rings. The lowest BCUT2D eigenvalue weighted by atomic mass is 10.1. The molecule has 0 saturated heterocycles. The molecule has 0 aliphatic carbocycles. The van der Waals surface area contributed by atoms with Crippen LogP contribution in [0.5, 0.6) is 0 Å². The van der Waals surface area contributed by atoms with Crippen molar-refractivity contribution >= 4 is 29.1 Å². The SMILES string of the molecule is CCN(CC)CCCC(C)NC(=O)c1nc(Cl)ccc1Cl. The van der Waals surface area contributed by atoms with Gasteiger partial charge in [-0.15, -0.1) is 0 Å². The number of hydrogen-bond donors (Lipinski definition) is 1. The number of nitrogens with one attached hydrogen (secondary N) is 1. The molecule has 0 spiro atoms. The van der Waals surface area contributed by atoms with Crippen molar-refractivity contribution in [2.45, 2.75) is 39.7 Å². The van der Waals surface area contributed by atoms with E-state index < -0.39 is 0 Å². The first kappa shape index (κ1) is 18.2. The Morgan fingerprint density at radius 1 is 1.33 bits per heavy atom. The quantitative estimate of drug-likeness (QED) is 0.740. The average molecular weight is 332 g/mol. The van der Waals surface area contributed by atoms with Crippen LogP contribution >= 0.6 is 23.2 Å². The van der Waals surface area contributed by atoms with Crippen molar-refractivity contribution in [2.24, 2.45) is 0 Å². The lowest BCUT2D eigenvalue weighted by molar-refractivity contribution is 0.0932. The average Bonchev–Trinajstić information content (AvgIpc) is 2.46. The van der Waals surface area contributed by atoms with Crippen molar-refractivity contribution in [3.8, 4) is 0 Å². The highest BCUT2D eigenvalue weighted by Crippen LogP contribution is 2.17. The van der Waals surface area contributed by atoms with Crippen LogP contribution in [0.2, 0.25) is 10.2 Å². The Hall–Kier alpha value is -0.840. The maximum atomic E-state index is 12.1. The topological polar surface area (TPSA) is 45.2 Å². The molecule has 0 fully saturated rings. The van der Waals surface area contributed by atoms with Crippen molar-refractivity contribution in [3.05, 3.63) is 28.0 Å². The first-order valence-corrected chi connectivity index (χ1v) is 8.08. The van der Waals surface area contributed by atoms with Gasteiger partial charge in [0.25, 0.3) is 5.91 Å². The van der Waals surface area contributed by atoms with Gasteiger partial charge in [-0.3, -0.25) is 4.79 Å². The zero-order valence-corrected chi connectivity index (χ0v) is 14.3. The van der Waals surface area contributed by atoms with Gasteiger partial charge >= 0.3 is 0 Å². The molecule has 21 heavy (non-hydrogen) atoms. The van der Waals surface area contributed by atoms with E-state index in [0.29, 0.717) is 5.02 Å². The van der Waals surface area contributed by atoms with Gasteiger partial charge in [0.05, 0.1) is 5.02 Å². The number of aromatic nitrogens is 1. The lowest BCUT2D eigenvalue weighted by Gasteiger charge is -2.19. The number of nitrogens with zero attached hydrogens (tertiary/aromatic N) is 2. The highest BCUT2D eigenvalue weighted by atomic mass is 35.5. The molecule has 0 saturated carbocycles. The summed E-state index contributed by atoms with van der Waals surface area (Å²) in [4.78, 5) is 18.4. The molecule has 1 atom stereocenters. The number of amides is 1. The Morgan fingerprint density at radius 2 is 2.00 bits per heavy atom. The molecule has 1 heterocycles. The van der Waals surface area contributed by atoms with Crippen LogP contribution < -0.4 is 5.32 Å². The van der Waals surface area contributed by atoms with Crippen LogP contribution in [0.4, 0.5) is 0 Å². The van der Waals surface area contributed by atoms with E-state index in [-0.39, 0.29) is 22.8 Å². The summed E-state index contributed by atoms with van der Waals surface area (Å²) in [5.41, 5.74) is 0.180. The van der Waals surface area contributed by atoms with Gasteiger partial charge in [-0.05, 0) is 51.5 Å². The summed E-state index contributed by atoms with van der Waals surface area (Å²) in [6.07, 6.45) is 1.96. The van der Waals surface area contributed by atoms with Crippen LogP contribution in [0, 0.1) is 0 Å². The van der Waals surface area contributed by atoms with Gasteiger partial charge in [-0.1, -0.05) is 37.0 Å². The summed E-state index contributed by atoms with van der Waals surface area (Å²) < 4.78 is 0. The molecule has 1 unspecified atom stereocenters. The molecule has 1 amide bonds. The monoisotopic (exact) mass is 331 g/mol. The first-order valence-electron chi connectivity index (χ1n) is 7.33. The summed E-state index contributed by atoms with van der Waals surface area (Å²) >= 11 is 11.8. The highest BCUT2D eigenvalue weighted by molar-refractivity contribution is 6.34. The lowest BCUT2D eigenvalue weighted by Crippen LogP contribution is -2.34. The minimum absolute atomic E-state index is 0.0740. The van der Waals surface area contributed by atoms with E-state index in [4.69, 9.17) is 23.2 Å². The largest absolute Gasteiger partial charge is 0.348 e. The molecule has 0 aliphatic heterocycles. The Labute approximate surface area is 136 Å². The zero-order chi connectivity index (χ0) is 15.8. The van der Waals surface area contributed by atoms with Gasteiger partial charge in [-0.25, -0.2) is 4.98 Å². The van der Waals surface area contributed by atoms with Crippen molar-refractivity contribution in [3.63, 3.8) is 0 Å². The molecular formula is C15H23Cl2N3O. The molecule has 1 aromatic heterocycles. The second-order valence-electron chi connectivity index (χ2n) is 5.01. The third kappa shape index (κ3) is 6.20. The van der Waals surface area contributed by atoms with Crippen LogP contribution in [0.15, 0.2) is 12.1 Å². The van der Waals surface area contributed by atoms with Crippen LogP contribution in [0.25, 0.3) is 0 Å². The number of carbonyl (C=O) groups is 1. The molecule has 1 rings (SSSR count). The highest BCUT2D eigenvalue weighted by Gasteiger charge is 2.15. The Bertz CT molecular complexity index is 464. The fourth-order valence-corrected chi connectivity index (χ4v) is 2.44. The Kier molecular flexibility index (Phi) is 8.01. The molecule has 0 radical (unpaired) electrons. The van der Waals surface area contributed by atoms with Gasteiger partial charge < -0.3 is 10.2 Å². The normalized spacial score (nSPS) is 12.5. The van der Waals surface area contributed by atoms with Gasteiger partial charge in [0, 0.05) is 6.04 Å².